The minimum atomic E-state index is 0.263. The second-order valence-corrected chi connectivity index (χ2v) is 14.3. The topological polar surface area (TPSA) is 3.24 Å². The van der Waals surface area contributed by atoms with Crippen LogP contribution in [0.15, 0.2) is 188 Å². The molecule has 0 aliphatic rings. The molecule has 0 saturated carbocycles. The van der Waals surface area contributed by atoms with Gasteiger partial charge in [0.25, 0.3) is 0 Å². The van der Waals surface area contributed by atoms with Crippen molar-refractivity contribution in [2.45, 2.75) is 0 Å². The van der Waals surface area contributed by atoms with Crippen LogP contribution in [-0.4, -0.2) is 14.5 Å². The van der Waals surface area contributed by atoms with Crippen LogP contribution in [0.25, 0.3) is 63.4 Å². The molecule has 0 bridgehead atoms. The average Bonchev–Trinajstić information content (AvgIpc) is 3.55. The van der Waals surface area contributed by atoms with Crippen LogP contribution in [0, 0.1) is 0 Å². The Kier molecular flexibility index (Phi) is 7.24. The zero-order chi connectivity index (χ0) is 31.9. The van der Waals surface area contributed by atoms with E-state index in [-0.39, 0.29) is 14.5 Å². The van der Waals surface area contributed by atoms with Crippen molar-refractivity contribution in [3.63, 3.8) is 0 Å². The van der Waals surface area contributed by atoms with E-state index in [2.05, 4.69) is 193 Å². The van der Waals surface area contributed by atoms with Crippen LogP contribution in [0.2, 0.25) is 0 Å². The first-order chi connectivity index (χ1) is 23.8. The Morgan fingerprint density at radius 1 is 0.354 bits per heavy atom. The van der Waals surface area contributed by atoms with Crippen molar-refractivity contribution in [3.05, 3.63) is 188 Å². The van der Waals surface area contributed by atoms with E-state index in [0.717, 1.165) is 17.1 Å². The van der Waals surface area contributed by atoms with Gasteiger partial charge in [0.15, 0.2) is 0 Å². The van der Waals surface area contributed by atoms with Gasteiger partial charge in [0, 0.05) is 0 Å². The third-order valence-corrected chi connectivity index (χ3v) is 11.8. The number of para-hydroxylation sites is 1. The van der Waals surface area contributed by atoms with E-state index in [4.69, 9.17) is 0 Å². The average molecular weight is 677 g/mol. The molecular formula is C46H31NSe. The SMILES string of the molecule is c1ccc(-c2ccc(N(c3ccc4[se]c5c6ccccc6ccc5c4c3)c3ccccc3-c3ccccc3-c3ccccc3)cc2)cc1. The summed E-state index contributed by atoms with van der Waals surface area (Å²) < 4.78 is 2.93. The number of fused-ring (bicyclic) bond motifs is 5. The Balaban J connectivity index is 1.26. The van der Waals surface area contributed by atoms with Crippen molar-refractivity contribution in [2.24, 2.45) is 0 Å². The predicted octanol–water partition coefficient (Wildman–Crippen LogP) is 12.7. The van der Waals surface area contributed by atoms with Crippen molar-refractivity contribution in [2.75, 3.05) is 4.90 Å². The zero-order valence-corrected chi connectivity index (χ0v) is 28.0. The fraction of sp³-hybridized carbons (Fsp3) is 0. The number of hydrogen-bond acceptors (Lipinski definition) is 1. The summed E-state index contributed by atoms with van der Waals surface area (Å²) in [6.45, 7) is 0. The fourth-order valence-corrected chi connectivity index (χ4v) is 9.53. The Morgan fingerprint density at radius 2 is 0.958 bits per heavy atom. The molecule has 0 saturated heterocycles. The van der Waals surface area contributed by atoms with Gasteiger partial charge in [0.1, 0.15) is 0 Å². The summed E-state index contributed by atoms with van der Waals surface area (Å²) >= 11 is 0.263. The van der Waals surface area contributed by atoms with E-state index < -0.39 is 0 Å². The van der Waals surface area contributed by atoms with Crippen molar-refractivity contribution in [1.82, 2.24) is 0 Å². The molecule has 8 aromatic carbocycles. The molecule has 0 amide bonds. The van der Waals surface area contributed by atoms with E-state index in [0.29, 0.717) is 0 Å². The summed E-state index contributed by atoms with van der Waals surface area (Å²) in [5, 5.41) is 5.41. The maximum atomic E-state index is 2.44. The second kappa shape index (κ2) is 12.2. The maximum absolute atomic E-state index is 2.44. The van der Waals surface area contributed by atoms with Gasteiger partial charge in [-0.3, -0.25) is 0 Å². The van der Waals surface area contributed by atoms with Crippen LogP contribution in [0.3, 0.4) is 0 Å². The first kappa shape index (κ1) is 28.6. The van der Waals surface area contributed by atoms with Crippen LogP contribution in [0.4, 0.5) is 17.1 Å². The van der Waals surface area contributed by atoms with Crippen LogP contribution < -0.4 is 4.90 Å². The van der Waals surface area contributed by atoms with Crippen molar-refractivity contribution in [1.29, 1.82) is 0 Å². The molecule has 226 valence electrons. The van der Waals surface area contributed by atoms with Crippen LogP contribution in [-0.2, 0) is 0 Å². The fourth-order valence-electron chi connectivity index (χ4n) is 6.98. The minimum absolute atomic E-state index is 0.263. The molecular weight excluding hydrogens is 645 g/mol. The standard InChI is InChI=1S/C46H31NSe/c1-3-13-32(14-4-1)33-23-26-36(27-24-33)47(37-28-30-45-43(31-37)42-29-25-35-17-7-8-19-39(35)46(42)48-45)44-22-12-11-21-41(44)40-20-10-9-18-38(40)34-15-5-2-6-16-34/h1-31H. The molecule has 48 heavy (non-hydrogen) atoms. The first-order valence-corrected chi connectivity index (χ1v) is 18.1. The van der Waals surface area contributed by atoms with Gasteiger partial charge in [-0.25, -0.2) is 0 Å². The molecule has 9 aromatic rings. The molecule has 1 nitrogen and oxygen atoms in total. The van der Waals surface area contributed by atoms with E-state index >= 15 is 0 Å². The molecule has 2 heteroatoms. The van der Waals surface area contributed by atoms with Crippen molar-refractivity contribution in [3.8, 4) is 33.4 Å². The first-order valence-electron chi connectivity index (χ1n) is 16.4. The number of rotatable bonds is 6. The third-order valence-electron chi connectivity index (χ3n) is 9.28. The van der Waals surface area contributed by atoms with Gasteiger partial charge < -0.3 is 0 Å². The van der Waals surface area contributed by atoms with Gasteiger partial charge in [-0.1, -0.05) is 12.1 Å². The molecule has 0 fully saturated rings. The molecule has 1 heterocycles. The Bertz CT molecular complexity index is 2550. The predicted molar refractivity (Wildman–Crippen MR) is 207 cm³/mol. The monoisotopic (exact) mass is 677 g/mol. The summed E-state index contributed by atoms with van der Waals surface area (Å²) in [7, 11) is 0. The molecule has 0 unspecified atom stereocenters. The summed E-state index contributed by atoms with van der Waals surface area (Å²) in [6.07, 6.45) is 0. The van der Waals surface area contributed by atoms with Gasteiger partial charge in [-0.05, 0) is 0 Å². The molecule has 0 spiro atoms. The summed E-state index contributed by atoms with van der Waals surface area (Å²) in [5.74, 6) is 0. The summed E-state index contributed by atoms with van der Waals surface area (Å²) in [5.41, 5.74) is 10.7. The van der Waals surface area contributed by atoms with E-state index in [9.17, 15) is 0 Å². The molecule has 0 aliphatic heterocycles. The molecule has 1 aromatic heterocycles. The number of anilines is 3. The van der Waals surface area contributed by atoms with Crippen LogP contribution >= 0.6 is 0 Å². The van der Waals surface area contributed by atoms with Gasteiger partial charge in [0.05, 0.1) is 0 Å². The summed E-state index contributed by atoms with van der Waals surface area (Å²) in [4.78, 5) is 2.44. The summed E-state index contributed by atoms with van der Waals surface area (Å²) in [6, 6.07) is 68.5. The zero-order valence-electron chi connectivity index (χ0n) is 26.3. The second-order valence-electron chi connectivity index (χ2n) is 12.1. The molecule has 0 aliphatic carbocycles. The Labute approximate surface area is 286 Å². The Hall–Kier alpha value is -5.66. The normalized spacial score (nSPS) is 11.3. The van der Waals surface area contributed by atoms with E-state index in [1.807, 2.05) is 0 Å². The number of benzene rings is 8. The molecule has 0 radical (unpaired) electrons. The van der Waals surface area contributed by atoms with Gasteiger partial charge in [-0.15, -0.1) is 0 Å². The van der Waals surface area contributed by atoms with Crippen molar-refractivity contribution >= 4 is 61.6 Å². The molecule has 9 rings (SSSR count). The van der Waals surface area contributed by atoms with E-state index in [1.165, 1.54) is 63.4 Å². The number of nitrogens with zero attached hydrogens (tertiary/aromatic N) is 1. The van der Waals surface area contributed by atoms with Crippen molar-refractivity contribution < 1.29 is 0 Å². The number of hydrogen-bond donors (Lipinski definition) is 0. The van der Waals surface area contributed by atoms with Gasteiger partial charge in [0.2, 0.25) is 0 Å². The Morgan fingerprint density at radius 3 is 1.75 bits per heavy atom. The molecule has 0 atom stereocenters. The van der Waals surface area contributed by atoms with E-state index in [1.54, 1.807) is 0 Å². The van der Waals surface area contributed by atoms with Crippen LogP contribution in [0.1, 0.15) is 0 Å². The van der Waals surface area contributed by atoms with Crippen LogP contribution in [0.5, 0.6) is 0 Å². The quantitative estimate of drug-likeness (QED) is 0.159. The van der Waals surface area contributed by atoms with Gasteiger partial charge >= 0.3 is 276 Å². The van der Waals surface area contributed by atoms with Gasteiger partial charge in [-0.2, -0.15) is 0 Å². The third kappa shape index (κ3) is 5.04. The molecule has 0 N–H and O–H groups in total.